The molecule has 2 aliphatic rings. The van der Waals surface area contributed by atoms with E-state index in [2.05, 4.69) is 28.8 Å². The summed E-state index contributed by atoms with van der Waals surface area (Å²) in [5.74, 6) is -0.0539. The summed E-state index contributed by atoms with van der Waals surface area (Å²) in [6.07, 6.45) is 2.25. The SMILES string of the molecule is Cc1ccc(NC(=O)[C@H]2CCCN2C(=O)[C@H]2Cc3ccccc3CN2)c(C)c1. The number of nitrogens with one attached hydrogen (secondary N) is 2. The standard InChI is InChI=1S/C23H27N3O2/c1-15-9-10-19(16(2)12-15)25-22(27)21-8-5-11-26(21)23(28)20-13-17-6-3-4-7-18(17)14-24-20/h3-4,6-7,9-10,12,20-21,24H,5,8,11,13-14H2,1-2H3,(H,25,27)/t20-,21-/m1/s1. The number of carbonyl (C=O) groups excluding carboxylic acids is 2. The molecule has 146 valence electrons. The lowest BCUT2D eigenvalue weighted by Crippen LogP contribution is -2.53. The van der Waals surface area contributed by atoms with Gasteiger partial charge in [0.2, 0.25) is 11.8 Å². The predicted molar refractivity (Wildman–Crippen MR) is 110 cm³/mol. The Balaban J connectivity index is 1.46. The first-order valence-corrected chi connectivity index (χ1v) is 10.0. The first kappa shape index (κ1) is 18.7. The number of hydrogen-bond acceptors (Lipinski definition) is 3. The van der Waals surface area contributed by atoms with Crippen LogP contribution in [0.4, 0.5) is 5.69 Å². The molecule has 2 aromatic carbocycles. The number of fused-ring (bicyclic) bond motifs is 1. The van der Waals surface area contributed by atoms with Crippen LogP contribution in [0.25, 0.3) is 0 Å². The topological polar surface area (TPSA) is 61.4 Å². The minimum Gasteiger partial charge on any atom is -0.329 e. The Morgan fingerprint density at radius 2 is 1.89 bits per heavy atom. The van der Waals surface area contributed by atoms with Crippen LogP contribution in [0.1, 0.15) is 35.1 Å². The number of carbonyl (C=O) groups is 2. The maximum Gasteiger partial charge on any atom is 0.247 e. The largest absolute Gasteiger partial charge is 0.329 e. The van der Waals surface area contributed by atoms with Crippen molar-refractivity contribution in [2.75, 3.05) is 11.9 Å². The molecule has 0 unspecified atom stereocenters. The second-order valence-corrected chi connectivity index (χ2v) is 7.90. The highest BCUT2D eigenvalue weighted by Gasteiger charge is 2.38. The number of aryl methyl sites for hydroxylation is 2. The highest BCUT2D eigenvalue weighted by Crippen LogP contribution is 2.24. The van der Waals surface area contributed by atoms with Crippen molar-refractivity contribution < 1.29 is 9.59 Å². The van der Waals surface area contributed by atoms with Gasteiger partial charge < -0.3 is 15.5 Å². The minimum absolute atomic E-state index is 0.0350. The Hall–Kier alpha value is -2.66. The normalized spacial score (nSPS) is 21.3. The van der Waals surface area contributed by atoms with E-state index in [4.69, 9.17) is 0 Å². The van der Waals surface area contributed by atoms with Gasteiger partial charge in [-0.15, -0.1) is 0 Å². The number of benzene rings is 2. The van der Waals surface area contributed by atoms with Crippen molar-refractivity contribution in [3.63, 3.8) is 0 Å². The summed E-state index contributed by atoms with van der Waals surface area (Å²) >= 11 is 0. The third-order valence-electron chi connectivity index (χ3n) is 5.86. The molecule has 5 heteroatoms. The van der Waals surface area contributed by atoms with Crippen LogP contribution in [-0.2, 0) is 22.6 Å². The van der Waals surface area contributed by atoms with Gasteiger partial charge in [0.05, 0.1) is 6.04 Å². The molecule has 0 bridgehead atoms. The molecule has 0 spiro atoms. The van der Waals surface area contributed by atoms with Crippen molar-refractivity contribution in [2.45, 2.75) is 51.7 Å². The van der Waals surface area contributed by atoms with Crippen LogP contribution < -0.4 is 10.6 Å². The zero-order valence-corrected chi connectivity index (χ0v) is 16.5. The molecule has 0 aromatic heterocycles. The summed E-state index contributed by atoms with van der Waals surface area (Å²) in [5, 5.41) is 6.38. The average Bonchev–Trinajstić information content (AvgIpc) is 3.19. The van der Waals surface area contributed by atoms with E-state index in [1.165, 1.54) is 11.1 Å². The van der Waals surface area contributed by atoms with Crippen molar-refractivity contribution in [2.24, 2.45) is 0 Å². The fourth-order valence-corrected chi connectivity index (χ4v) is 4.30. The maximum absolute atomic E-state index is 13.2. The van der Waals surface area contributed by atoms with Crippen molar-refractivity contribution in [3.8, 4) is 0 Å². The van der Waals surface area contributed by atoms with Crippen LogP contribution in [0.5, 0.6) is 0 Å². The predicted octanol–water partition coefficient (Wildman–Crippen LogP) is 2.95. The van der Waals surface area contributed by atoms with Crippen molar-refractivity contribution in [3.05, 3.63) is 64.7 Å². The zero-order chi connectivity index (χ0) is 19.7. The molecule has 1 fully saturated rings. The van der Waals surface area contributed by atoms with Gasteiger partial charge in [-0.05, 0) is 55.9 Å². The maximum atomic E-state index is 13.2. The van der Waals surface area contributed by atoms with E-state index in [0.717, 1.165) is 23.2 Å². The monoisotopic (exact) mass is 377 g/mol. The van der Waals surface area contributed by atoms with Gasteiger partial charge in [0.25, 0.3) is 0 Å². The molecule has 2 heterocycles. The van der Waals surface area contributed by atoms with E-state index in [1.54, 1.807) is 4.90 Å². The van der Waals surface area contributed by atoms with E-state index in [0.29, 0.717) is 25.9 Å². The fraction of sp³-hybridized carbons (Fsp3) is 0.391. The second kappa shape index (κ2) is 7.76. The van der Waals surface area contributed by atoms with Gasteiger partial charge >= 0.3 is 0 Å². The van der Waals surface area contributed by atoms with Crippen molar-refractivity contribution in [1.82, 2.24) is 10.2 Å². The van der Waals surface area contributed by atoms with Gasteiger partial charge in [-0.2, -0.15) is 0 Å². The second-order valence-electron chi connectivity index (χ2n) is 7.90. The van der Waals surface area contributed by atoms with Gasteiger partial charge in [-0.3, -0.25) is 9.59 Å². The average molecular weight is 377 g/mol. The van der Waals surface area contributed by atoms with Gasteiger partial charge in [0, 0.05) is 18.8 Å². The van der Waals surface area contributed by atoms with Crippen LogP contribution in [0.2, 0.25) is 0 Å². The molecule has 4 rings (SSSR count). The highest BCUT2D eigenvalue weighted by atomic mass is 16.2. The van der Waals surface area contributed by atoms with E-state index < -0.39 is 6.04 Å². The third-order valence-corrected chi connectivity index (χ3v) is 5.86. The number of likely N-dealkylation sites (tertiary alicyclic amines) is 1. The molecule has 2 atom stereocenters. The highest BCUT2D eigenvalue weighted by molar-refractivity contribution is 5.98. The quantitative estimate of drug-likeness (QED) is 0.865. The summed E-state index contributed by atoms with van der Waals surface area (Å²) in [4.78, 5) is 27.9. The Morgan fingerprint density at radius 3 is 2.68 bits per heavy atom. The number of amides is 2. The summed E-state index contributed by atoms with van der Waals surface area (Å²) in [6, 6.07) is 13.5. The Bertz CT molecular complexity index is 908. The third kappa shape index (κ3) is 3.67. The van der Waals surface area contributed by atoms with Gasteiger partial charge in [0.1, 0.15) is 6.04 Å². The minimum atomic E-state index is -0.396. The Morgan fingerprint density at radius 1 is 1.11 bits per heavy atom. The fourth-order valence-electron chi connectivity index (χ4n) is 4.30. The first-order chi connectivity index (χ1) is 13.5. The molecule has 2 aliphatic heterocycles. The molecule has 0 saturated carbocycles. The van der Waals surface area contributed by atoms with E-state index in [-0.39, 0.29) is 17.9 Å². The Kier molecular flexibility index (Phi) is 5.18. The van der Waals surface area contributed by atoms with E-state index in [9.17, 15) is 9.59 Å². The van der Waals surface area contributed by atoms with Crippen LogP contribution >= 0.6 is 0 Å². The van der Waals surface area contributed by atoms with E-state index in [1.807, 2.05) is 38.1 Å². The van der Waals surface area contributed by atoms with Gasteiger partial charge in [-0.25, -0.2) is 0 Å². The summed E-state index contributed by atoms with van der Waals surface area (Å²) in [6.45, 7) is 5.36. The summed E-state index contributed by atoms with van der Waals surface area (Å²) in [5.41, 5.74) is 5.48. The molecule has 0 radical (unpaired) electrons. The first-order valence-electron chi connectivity index (χ1n) is 10.0. The van der Waals surface area contributed by atoms with Crippen molar-refractivity contribution >= 4 is 17.5 Å². The molecule has 2 amide bonds. The van der Waals surface area contributed by atoms with Crippen molar-refractivity contribution in [1.29, 1.82) is 0 Å². The molecular weight excluding hydrogens is 350 g/mol. The molecule has 2 aromatic rings. The molecule has 0 aliphatic carbocycles. The summed E-state index contributed by atoms with van der Waals surface area (Å²) < 4.78 is 0. The molecule has 2 N–H and O–H groups in total. The van der Waals surface area contributed by atoms with Crippen LogP contribution in [0.15, 0.2) is 42.5 Å². The molecule has 28 heavy (non-hydrogen) atoms. The number of anilines is 1. The number of nitrogens with zero attached hydrogens (tertiary/aromatic N) is 1. The van der Waals surface area contributed by atoms with Gasteiger partial charge in [0.15, 0.2) is 0 Å². The van der Waals surface area contributed by atoms with Crippen LogP contribution in [-0.4, -0.2) is 35.3 Å². The lowest BCUT2D eigenvalue weighted by atomic mass is 9.95. The zero-order valence-electron chi connectivity index (χ0n) is 16.5. The smallest absolute Gasteiger partial charge is 0.247 e. The number of hydrogen-bond donors (Lipinski definition) is 2. The Labute approximate surface area is 166 Å². The van der Waals surface area contributed by atoms with Crippen LogP contribution in [0.3, 0.4) is 0 Å². The lowest BCUT2D eigenvalue weighted by molar-refractivity contribution is -0.138. The molecule has 5 nitrogen and oxygen atoms in total. The molecular formula is C23H27N3O2. The van der Waals surface area contributed by atoms with Crippen LogP contribution in [0, 0.1) is 13.8 Å². The lowest BCUT2D eigenvalue weighted by Gasteiger charge is -2.31. The van der Waals surface area contributed by atoms with E-state index >= 15 is 0 Å². The number of rotatable bonds is 3. The molecule has 1 saturated heterocycles. The summed E-state index contributed by atoms with van der Waals surface area (Å²) in [7, 11) is 0. The van der Waals surface area contributed by atoms with Gasteiger partial charge in [-0.1, -0.05) is 42.0 Å².